The average Bonchev–Trinajstić information content (AvgIpc) is 2.97. The Hall–Kier alpha value is -2.82. The molecule has 130 valence electrons. The number of nitrogens with zero attached hydrogens (tertiary/aromatic N) is 2. The smallest absolute Gasteiger partial charge is 0.251 e. The number of rotatable bonds is 5. The van der Waals surface area contributed by atoms with E-state index in [2.05, 4.69) is 21.8 Å². The number of benzene rings is 2. The normalized spacial score (nSPS) is 12.2. The van der Waals surface area contributed by atoms with Crippen molar-refractivity contribution in [3.8, 4) is 5.75 Å². The predicted octanol–water partition coefficient (Wildman–Crippen LogP) is 3.64. The number of carbonyl (C=O) groups is 1. The van der Waals surface area contributed by atoms with Gasteiger partial charge in [-0.05, 0) is 42.8 Å². The van der Waals surface area contributed by atoms with Gasteiger partial charge in [-0.3, -0.25) is 4.79 Å². The summed E-state index contributed by atoms with van der Waals surface area (Å²) in [5.41, 5.74) is 3.54. The van der Waals surface area contributed by atoms with Crippen molar-refractivity contribution < 1.29 is 9.53 Å². The van der Waals surface area contributed by atoms with E-state index in [1.807, 2.05) is 56.4 Å². The quantitative estimate of drug-likeness (QED) is 0.773. The first-order chi connectivity index (χ1) is 12.0. The van der Waals surface area contributed by atoms with Crippen molar-refractivity contribution in [2.75, 3.05) is 7.11 Å². The number of nitrogens with one attached hydrogen (secondary N) is 1. The highest BCUT2D eigenvalue weighted by Gasteiger charge is 2.14. The number of amides is 1. The van der Waals surface area contributed by atoms with E-state index < -0.39 is 0 Å². The fourth-order valence-corrected chi connectivity index (χ4v) is 2.96. The van der Waals surface area contributed by atoms with Crippen molar-refractivity contribution in [2.45, 2.75) is 26.3 Å². The first kappa shape index (κ1) is 17.0. The molecule has 0 bridgehead atoms. The maximum atomic E-state index is 12.6. The number of methoxy groups -OCH3 is 1. The second-order valence-electron chi connectivity index (χ2n) is 6.11. The lowest BCUT2D eigenvalue weighted by Gasteiger charge is -2.15. The van der Waals surface area contributed by atoms with Crippen molar-refractivity contribution >= 4 is 16.9 Å². The number of fused-ring (bicyclic) bond motifs is 1. The van der Waals surface area contributed by atoms with Gasteiger partial charge in [-0.15, -0.1) is 0 Å². The predicted molar refractivity (Wildman–Crippen MR) is 99.0 cm³/mol. The van der Waals surface area contributed by atoms with Gasteiger partial charge in [-0.2, -0.15) is 0 Å². The second kappa shape index (κ2) is 6.97. The van der Waals surface area contributed by atoms with Crippen molar-refractivity contribution in [3.05, 3.63) is 59.4 Å². The van der Waals surface area contributed by atoms with Gasteiger partial charge in [0, 0.05) is 19.0 Å². The summed E-state index contributed by atoms with van der Waals surface area (Å²) in [5.74, 6) is 1.71. The van der Waals surface area contributed by atoms with E-state index in [9.17, 15) is 4.79 Å². The Morgan fingerprint density at radius 3 is 2.60 bits per heavy atom. The molecule has 5 nitrogen and oxygen atoms in total. The summed E-state index contributed by atoms with van der Waals surface area (Å²) in [6.45, 7) is 4.04. The van der Waals surface area contributed by atoms with Gasteiger partial charge in [0.2, 0.25) is 0 Å². The summed E-state index contributed by atoms with van der Waals surface area (Å²) in [4.78, 5) is 17.2. The molecule has 0 spiro atoms. The molecule has 2 aromatic carbocycles. The lowest BCUT2D eigenvalue weighted by molar-refractivity contribution is 0.0940. The molecule has 1 amide bonds. The molecule has 1 heterocycles. The van der Waals surface area contributed by atoms with E-state index >= 15 is 0 Å². The van der Waals surface area contributed by atoms with Gasteiger partial charge in [0.1, 0.15) is 11.6 Å². The van der Waals surface area contributed by atoms with Crippen LogP contribution in [-0.2, 0) is 13.5 Å². The number of imidazole rings is 1. The minimum atomic E-state index is -0.103. The van der Waals surface area contributed by atoms with Crippen molar-refractivity contribution in [1.82, 2.24) is 14.9 Å². The molecular weight excluding hydrogens is 314 g/mol. The maximum absolute atomic E-state index is 12.6. The highest BCUT2D eigenvalue weighted by Crippen LogP contribution is 2.20. The van der Waals surface area contributed by atoms with Crippen LogP contribution in [0.2, 0.25) is 0 Å². The van der Waals surface area contributed by atoms with E-state index in [-0.39, 0.29) is 11.9 Å². The fourth-order valence-electron chi connectivity index (χ4n) is 2.96. The van der Waals surface area contributed by atoms with Crippen molar-refractivity contribution in [3.63, 3.8) is 0 Å². The van der Waals surface area contributed by atoms with E-state index in [1.54, 1.807) is 7.11 Å². The number of hydrogen-bond acceptors (Lipinski definition) is 3. The largest absolute Gasteiger partial charge is 0.497 e. The van der Waals surface area contributed by atoms with Crippen LogP contribution >= 0.6 is 0 Å². The molecular formula is C20H23N3O2. The van der Waals surface area contributed by atoms with Gasteiger partial charge in [-0.25, -0.2) is 4.98 Å². The summed E-state index contributed by atoms with van der Waals surface area (Å²) < 4.78 is 7.23. The molecule has 0 aliphatic carbocycles. The third kappa shape index (κ3) is 3.36. The van der Waals surface area contributed by atoms with Gasteiger partial charge < -0.3 is 14.6 Å². The Morgan fingerprint density at radius 1 is 1.24 bits per heavy atom. The first-order valence-electron chi connectivity index (χ1n) is 8.43. The number of carbonyl (C=O) groups excluding carboxylic acids is 1. The van der Waals surface area contributed by atoms with Crippen LogP contribution in [0.5, 0.6) is 5.75 Å². The summed E-state index contributed by atoms with van der Waals surface area (Å²) >= 11 is 0. The van der Waals surface area contributed by atoms with Crippen molar-refractivity contribution in [2.24, 2.45) is 7.05 Å². The van der Waals surface area contributed by atoms with Crippen LogP contribution in [-0.4, -0.2) is 22.6 Å². The van der Waals surface area contributed by atoms with Crippen LogP contribution in [0.25, 0.3) is 11.0 Å². The molecule has 0 aliphatic rings. The topological polar surface area (TPSA) is 56.1 Å². The highest BCUT2D eigenvalue weighted by atomic mass is 16.5. The Kier molecular flexibility index (Phi) is 4.74. The van der Waals surface area contributed by atoms with Gasteiger partial charge >= 0.3 is 0 Å². The summed E-state index contributed by atoms with van der Waals surface area (Å²) in [6.07, 6.45) is 0.862. The molecule has 0 aliphatic heterocycles. The van der Waals surface area contributed by atoms with E-state index in [1.165, 1.54) is 0 Å². The second-order valence-corrected chi connectivity index (χ2v) is 6.11. The molecule has 1 aromatic heterocycles. The molecule has 5 heteroatoms. The fraction of sp³-hybridized carbons (Fsp3) is 0.300. The lowest BCUT2D eigenvalue weighted by atomic mass is 10.1. The van der Waals surface area contributed by atoms with Crippen LogP contribution in [0.15, 0.2) is 42.5 Å². The monoisotopic (exact) mass is 337 g/mol. The van der Waals surface area contributed by atoms with Crippen LogP contribution in [0.4, 0.5) is 0 Å². The molecule has 25 heavy (non-hydrogen) atoms. The van der Waals surface area contributed by atoms with E-state index in [4.69, 9.17) is 4.74 Å². The zero-order valence-electron chi connectivity index (χ0n) is 15.0. The van der Waals surface area contributed by atoms with Crippen molar-refractivity contribution in [1.29, 1.82) is 0 Å². The minimum Gasteiger partial charge on any atom is -0.497 e. The number of aromatic nitrogens is 2. The SMILES string of the molecule is CCc1nc2cc(C(=O)NC(C)c3ccc(OC)cc3)ccc2n1C. The maximum Gasteiger partial charge on any atom is 0.251 e. The summed E-state index contributed by atoms with van der Waals surface area (Å²) in [7, 11) is 3.64. The third-order valence-electron chi connectivity index (χ3n) is 4.52. The zero-order chi connectivity index (χ0) is 18.0. The Balaban J connectivity index is 1.79. The lowest BCUT2D eigenvalue weighted by Crippen LogP contribution is -2.26. The molecule has 1 unspecified atom stereocenters. The zero-order valence-corrected chi connectivity index (χ0v) is 15.0. The Bertz CT molecular complexity index is 897. The van der Waals surface area contributed by atoms with Crippen LogP contribution in [0.1, 0.15) is 41.6 Å². The first-order valence-corrected chi connectivity index (χ1v) is 8.43. The van der Waals surface area contributed by atoms with E-state index in [0.717, 1.165) is 34.6 Å². The molecule has 3 aromatic rings. The standard InChI is InChI=1S/C20H23N3O2/c1-5-19-22-17-12-15(8-11-18(17)23(19)3)20(24)21-13(2)14-6-9-16(25-4)10-7-14/h6-13H,5H2,1-4H3,(H,21,24). The molecule has 0 fully saturated rings. The molecule has 3 rings (SSSR count). The average molecular weight is 337 g/mol. The Labute approximate surface area is 147 Å². The molecule has 0 radical (unpaired) electrons. The highest BCUT2D eigenvalue weighted by molar-refractivity contribution is 5.97. The summed E-state index contributed by atoms with van der Waals surface area (Å²) in [6, 6.07) is 13.3. The third-order valence-corrected chi connectivity index (χ3v) is 4.52. The molecule has 1 atom stereocenters. The van der Waals surface area contributed by atoms with Gasteiger partial charge in [0.05, 0.1) is 24.2 Å². The summed E-state index contributed by atoms with van der Waals surface area (Å²) in [5, 5.41) is 3.04. The van der Waals surface area contributed by atoms with Crippen LogP contribution in [0.3, 0.4) is 0 Å². The van der Waals surface area contributed by atoms with Crippen LogP contribution in [0, 0.1) is 0 Å². The van der Waals surface area contributed by atoms with Gasteiger partial charge in [0.25, 0.3) is 5.91 Å². The van der Waals surface area contributed by atoms with Crippen LogP contribution < -0.4 is 10.1 Å². The molecule has 0 saturated carbocycles. The van der Waals surface area contributed by atoms with Gasteiger partial charge in [-0.1, -0.05) is 19.1 Å². The number of aryl methyl sites for hydroxylation is 2. The Morgan fingerprint density at radius 2 is 1.96 bits per heavy atom. The molecule has 0 saturated heterocycles. The molecule has 1 N–H and O–H groups in total. The van der Waals surface area contributed by atoms with E-state index in [0.29, 0.717) is 5.56 Å². The number of hydrogen-bond donors (Lipinski definition) is 1. The van der Waals surface area contributed by atoms with Gasteiger partial charge in [0.15, 0.2) is 0 Å². The number of ether oxygens (including phenoxy) is 1. The minimum absolute atomic E-state index is 0.0935.